The largest absolute Gasteiger partial charge is 0.573 e. The zero-order valence-corrected chi connectivity index (χ0v) is 20.8. The summed E-state index contributed by atoms with van der Waals surface area (Å²) in [4.78, 5) is 16.7. The van der Waals surface area contributed by atoms with Gasteiger partial charge in [0.1, 0.15) is 17.2 Å². The van der Waals surface area contributed by atoms with Gasteiger partial charge in [-0.3, -0.25) is 0 Å². The first-order valence-corrected chi connectivity index (χ1v) is 11.9. The summed E-state index contributed by atoms with van der Waals surface area (Å²) < 4.78 is 56.4. The number of esters is 1. The monoisotopic (exact) mass is 524 g/mol. The van der Waals surface area contributed by atoms with Crippen molar-refractivity contribution in [3.05, 3.63) is 53.7 Å². The molecule has 0 radical (unpaired) electrons. The van der Waals surface area contributed by atoms with Crippen LogP contribution in [0.15, 0.2) is 41.2 Å². The lowest BCUT2D eigenvalue weighted by molar-refractivity contribution is -0.274. The number of rotatable bonds is 6. The number of pyridine rings is 1. The molecule has 0 atom stereocenters. The molecule has 1 aromatic carbocycles. The fraction of sp³-hybridized carbons (Fsp3) is 0.333. The first-order chi connectivity index (χ1) is 18.0. The molecule has 1 aliphatic carbocycles. The van der Waals surface area contributed by atoms with Gasteiger partial charge in [0, 0.05) is 46.6 Å². The number of hydrogen-bond acceptors (Lipinski definition) is 7. The standard InChI is InChI=1S/C27H23F3N4O4/c1-15-23(16(2)38-33-15)18-9-20-21(12-34(24(20)32-11-18)14-26(13-31)7-4-8-26)19-6-5-17(25(35)36-3)10-22(19)37-27(28,29)30/h5-6,9-12H,4,7-8,14H2,1-3H3. The van der Waals surface area contributed by atoms with Crippen LogP contribution in [0.3, 0.4) is 0 Å². The average Bonchev–Trinajstić information content (AvgIpc) is 3.38. The van der Waals surface area contributed by atoms with Crippen LogP contribution >= 0.6 is 0 Å². The number of carbonyl (C=O) groups excluding carboxylic acids is 1. The van der Waals surface area contributed by atoms with Crippen molar-refractivity contribution >= 4 is 17.0 Å². The van der Waals surface area contributed by atoms with Crippen molar-refractivity contribution in [1.82, 2.24) is 14.7 Å². The van der Waals surface area contributed by atoms with Crippen molar-refractivity contribution in [2.75, 3.05) is 7.11 Å². The first-order valence-electron chi connectivity index (χ1n) is 11.9. The van der Waals surface area contributed by atoms with Crippen molar-refractivity contribution in [2.24, 2.45) is 5.41 Å². The molecule has 0 aliphatic heterocycles. The second kappa shape index (κ2) is 9.20. The normalized spacial score (nSPS) is 14.7. The number of nitriles is 1. The van der Waals surface area contributed by atoms with Crippen LogP contribution < -0.4 is 4.74 Å². The molecule has 0 unspecified atom stereocenters. The van der Waals surface area contributed by atoms with Gasteiger partial charge in [-0.15, -0.1) is 13.2 Å². The number of benzene rings is 1. The SMILES string of the molecule is COC(=O)c1ccc(-c2cn(CC3(C#N)CCC3)c3ncc(-c4c(C)noc4C)cc23)c(OC(F)(F)F)c1. The number of ether oxygens (including phenoxy) is 2. The fourth-order valence-electron chi connectivity index (χ4n) is 4.97. The Bertz CT molecular complexity index is 1570. The lowest BCUT2D eigenvalue weighted by Crippen LogP contribution is -2.32. The van der Waals surface area contributed by atoms with Crippen LogP contribution in [0.25, 0.3) is 33.3 Å². The fourth-order valence-corrected chi connectivity index (χ4v) is 4.97. The highest BCUT2D eigenvalue weighted by atomic mass is 19.4. The quantitative estimate of drug-likeness (QED) is 0.271. The smallest absolute Gasteiger partial charge is 0.465 e. The Morgan fingerprint density at radius 2 is 2.00 bits per heavy atom. The predicted octanol–water partition coefficient (Wildman–Crippen LogP) is 6.35. The molecule has 196 valence electrons. The van der Waals surface area contributed by atoms with Crippen molar-refractivity contribution in [3.63, 3.8) is 0 Å². The molecule has 11 heteroatoms. The van der Waals surface area contributed by atoms with E-state index in [1.54, 1.807) is 30.8 Å². The summed E-state index contributed by atoms with van der Waals surface area (Å²) in [7, 11) is 1.14. The zero-order chi connectivity index (χ0) is 27.2. The molecule has 1 fully saturated rings. The number of alkyl halides is 3. The molecule has 5 rings (SSSR count). The highest BCUT2D eigenvalue weighted by molar-refractivity contribution is 5.99. The van der Waals surface area contributed by atoms with E-state index in [1.807, 2.05) is 6.07 Å². The lowest BCUT2D eigenvalue weighted by atomic mass is 9.70. The minimum absolute atomic E-state index is 0.0910. The zero-order valence-electron chi connectivity index (χ0n) is 20.8. The summed E-state index contributed by atoms with van der Waals surface area (Å²) in [5.74, 6) is -0.777. The maximum Gasteiger partial charge on any atom is 0.573 e. The Morgan fingerprint density at radius 3 is 2.58 bits per heavy atom. The van der Waals surface area contributed by atoms with E-state index in [9.17, 15) is 23.2 Å². The van der Waals surface area contributed by atoms with Crippen LogP contribution in [0.5, 0.6) is 5.75 Å². The van der Waals surface area contributed by atoms with Gasteiger partial charge in [-0.2, -0.15) is 5.26 Å². The second-order valence-corrected chi connectivity index (χ2v) is 9.46. The van der Waals surface area contributed by atoms with Crippen LogP contribution in [0, 0.1) is 30.6 Å². The summed E-state index contributed by atoms with van der Waals surface area (Å²) in [5, 5.41) is 14.4. The molecule has 0 saturated heterocycles. The highest BCUT2D eigenvalue weighted by Crippen LogP contribution is 2.45. The van der Waals surface area contributed by atoms with Crippen molar-refractivity contribution in [3.8, 4) is 34.1 Å². The first kappa shape index (κ1) is 25.3. The van der Waals surface area contributed by atoms with Crippen LogP contribution in [0.4, 0.5) is 13.2 Å². The number of aromatic nitrogens is 3. The van der Waals surface area contributed by atoms with Crippen LogP contribution in [0.2, 0.25) is 0 Å². The Balaban J connectivity index is 1.74. The molecule has 4 aromatic rings. The second-order valence-electron chi connectivity index (χ2n) is 9.46. The van der Waals surface area contributed by atoms with E-state index in [4.69, 9.17) is 4.52 Å². The van der Waals surface area contributed by atoms with Gasteiger partial charge in [0.25, 0.3) is 0 Å². The number of halogens is 3. The Hall–Kier alpha value is -4.33. The summed E-state index contributed by atoms with van der Waals surface area (Å²) in [5.41, 5.74) is 2.42. The number of nitrogens with zero attached hydrogens (tertiary/aromatic N) is 4. The van der Waals surface area contributed by atoms with E-state index in [-0.39, 0.29) is 11.1 Å². The van der Waals surface area contributed by atoms with Crippen LogP contribution in [-0.4, -0.2) is 34.1 Å². The molecule has 1 aliphatic rings. The third kappa shape index (κ3) is 4.47. The van der Waals surface area contributed by atoms with Gasteiger partial charge in [0.15, 0.2) is 0 Å². The van der Waals surface area contributed by atoms with Crippen LogP contribution in [-0.2, 0) is 11.3 Å². The summed E-state index contributed by atoms with van der Waals surface area (Å²) >= 11 is 0. The Kier molecular flexibility index (Phi) is 6.13. The minimum Gasteiger partial charge on any atom is -0.465 e. The Labute approximate surface area is 215 Å². The Morgan fingerprint density at radius 1 is 1.24 bits per heavy atom. The minimum atomic E-state index is -5.00. The molecule has 0 bridgehead atoms. The van der Waals surface area contributed by atoms with E-state index in [0.717, 1.165) is 38.0 Å². The molecular formula is C27H23F3N4O4. The molecule has 0 N–H and O–H groups in total. The molecule has 3 aromatic heterocycles. The van der Waals surface area contributed by atoms with Crippen molar-refractivity contribution in [1.29, 1.82) is 5.26 Å². The van der Waals surface area contributed by atoms with Crippen molar-refractivity contribution in [2.45, 2.75) is 46.0 Å². The molecule has 3 heterocycles. The maximum absolute atomic E-state index is 13.4. The number of methoxy groups -OCH3 is 1. The van der Waals surface area contributed by atoms with E-state index in [1.165, 1.54) is 12.1 Å². The molecule has 1 saturated carbocycles. The van der Waals surface area contributed by atoms with E-state index < -0.39 is 23.5 Å². The van der Waals surface area contributed by atoms with Crippen LogP contribution in [0.1, 0.15) is 41.1 Å². The lowest BCUT2D eigenvalue weighted by Gasteiger charge is -2.35. The number of aryl methyl sites for hydroxylation is 2. The number of carbonyl (C=O) groups is 1. The third-order valence-electron chi connectivity index (χ3n) is 6.98. The van der Waals surface area contributed by atoms with Gasteiger partial charge in [0.05, 0.1) is 29.9 Å². The van der Waals surface area contributed by atoms with Crippen molar-refractivity contribution < 1.29 is 32.0 Å². The molecule has 0 spiro atoms. The van der Waals surface area contributed by atoms with E-state index in [2.05, 4.69) is 25.7 Å². The topological polar surface area (TPSA) is 103 Å². The van der Waals surface area contributed by atoms with Gasteiger partial charge >= 0.3 is 12.3 Å². The van der Waals surface area contributed by atoms with Gasteiger partial charge in [-0.1, -0.05) is 11.6 Å². The molecule has 8 nitrogen and oxygen atoms in total. The predicted molar refractivity (Wildman–Crippen MR) is 130 cm³/mol. The number of fused-ring (bicyclic) bond motifs is 1. The molecule has 38 heavy (non-hydrogen) atoms. The van der Waals surface area contributed by atoms with E-state index in [0.29, 0.717) is 40.2 Å². The van der Waals surface area contributed by atoms with Gasteiger partial charge in [0.2, 0.25) is 0 Å². The molecular weight excluding hydrogens is 501 g/mol. The maximum atomic E-state index is 13.4. The average molecular weight is 524 g/mol. The number of hydrogen-bond donors (Lipinski definition) is 0. The summed E-state index contributed by atoms with van der Waals surface area (Å²) in [6, 6.07) is 7.98. The summed E-state index contributed by atoms with van der Waals surface area (Å²) in [6.45, 7) is 3.89. The van der Waals surface area contributed by atoms with Gasteiger partial charge in [-0.05, 0) is 51.0 Å². The van der Waals surface area contributed by atoms with Gasteiger partial charge < -0.3 is 18.6 Å². The van der Waals surface area contributed by atoms with Gasteiger partial charge in [-0.25, -0.2) is 9.78 Å². The summed E-state index contributed by atoms with van der Waals surface area (Å²) in [6.07, 6.45) is 0.726. The third-order valence-corrected chi connectivity index (χ3v) is 6.98. The molecule has 0 amide bonds. The highest BCUT2D eigenvalue weighted by Gasteiger charge is 2.38. The van der Waals surface area contributed by atoms with E-state index >= 15 is 0 Å².